The standard InChI is InChI=1S/C16H25N3OS/c17-9-8-15-18-14(11-21-15)16(20)19(10-12-6-7-12)13-4-2-1-3-5-13/h11-13H,1-10,17H2. The van der Waals surface area contributed by atoms with Gasteiger partial charge in [-0.3, -0.25) is 4.79 Å². The van der Waals surface area contributed by atoms with E-state index in [1.54, 1.807) is 11.3 Å². The lowest BCUT2D eigenvalue weighted by atomic mass is 9.93. The fourth-order valence-corrected chi connectivity index (χ4v) is 3.95. The SMILES string of the molecule is NCCc1nc(C(=O)N(CC2CC2)C2CCCCC2)cs1. The molecule has 1 heterocycles. The summed E-state index contributed by atoms with van der Waals surface area (Å²) in [4.78, 5) is 19.5. The third-order valence-corrected chi connectivity index (χ3v) is 5.47. The van der Waals surface area contributed by atoms with E-state index >= 15 is 0 Å². The van der Waals surface area contributed by atoms with Gasteiger partial charge in [-0.25, -0.2) is 4.98 Å². The van der Waals surface area contributed by atoms with Crippen LogP contribution < -0.4 is 5.73 Å². The van der Waals surface area contributed by atoms with Crippen LogP contribution in [0.3, 0.4) is 0 Å². The van der Waals surface area contributed by atoms with E-state index in [0.29, 0.717) is 18.3 Å². The van der Waals surface area contributed by atoms with Crippen LogP contribution >= 0.6 is 11.3 Å². The number of hydrogen-bond acceptors (Lipinski definition) is 4. The highest BCUT2D eigenvalue weighted by Crippen LogP contribution is 2.33. The van der Waals surface area contributed by atoms with Crippen LogP contribution in [0, 0.1) is 5.92 Å². The van der Waals surface area contributed by atoms with Gasteiger partial charge in [-0.1, -0.05) is 19.3 Å². The summed E-state index contributed by atoms with van der Waals surface area (Å²) in [5.41, 5.74) is 6.20. The first-order valence-electron chi connectivity index (χ1n) is 8.23. The third-order valence-electron chi connectivity index (χ3n) is 4.56. The van der Waals surface area contributed by atoms with Crippen molar-refractivity contribution in [1.82, 2.24) is 9.88 Å². The van der Waals surface area contributed by atoms with E-state index in [1.807, 2.05) is 5.38 Å². The Balaban J connectivity index is 1.71. The predicted octanol–water partition coefficient (Wildman–Crippen LogP) is 2.83. The molecule has 2 N–H and O–H groups in total. The Bertz CT molecular complexity index is 478. The van der Waals surface area contributed by atoms with E-state index in [2.05, 4.69) is 9.88 Å². The molecule has 0 spiro atoms. The summed E-state index contributed by atoms with van der Waals surface area (Å²) in [6, 6.07) is 0.437. The molecule has 4 nitrogen and oxygen atoms in total. The minimum Gasteiger partial charge on any atom is -0.334 e. The molecule has 5 heteroatoms. The van der Waals surface area contributed by atoms with Crippen molar-refractivity contribution in [3.05, 3.63) is 16.1 Å². The van der Waals surface area contributed by atoms with Crippen LogP contribution in [0.15, 0.2) is 5.38 Å². The summed E-state index contributed by atoms with van der Waals surface area (Å²) < 4.78 is 0. The maximum Gasteiger partial charge on any atom is 0.273 e. The van der Waals surface area contributed by atoms with E-state index in [0.717, 1.165) is 36.7 Å². The van der Waals surface area contributed by atoms with E-state index in [4.69, 9.17) is 5.73 Å². The molecule has 1 aromatic rings. The van der Waals surface area contributed by atoms with Gasteiger partial charge in [0.15, 0.2) is 0 Å². The molecule has 0 saturated heterocycles. The molecule has 2 saturated carbocycles. The van der Waals surface area contributed by atoms with Crippen molar-refractivity contribution in [3.63, 3.8) is 0 Å². The maximum absolute atomic E-state index is 12.9. The molecule has 1 amide bonds. The molecule has 0 atom stereocenters. The van der Waals surface area contributed by atoms with Crippen LogP contribution in [-0.4, -0.2) is 34.9 Å². The summed E-state index contributed by atoms with van der Waals surface area (Å²) in [5, 5.41) is 2.90. The molecular weight excluding hydrogens is 282 g/mol. The molecule has 3 rings (SSSR count). The third kappa shape index (κ3) is 3.83. The number of carbonyl (C=O) groups excluding carboxylic acids is 1. The Morgan fingerprint density at radius 3 is 2.71 bits per heavy atom. The largest absolute Gasteiger partial charge is 0.334 e. The van der Waals surface area contributed by atoms with Crippen molar-refractivity contribution in [1.29, 1.82) is 0 Å². The van der Waals surface area contributed by atoms with E-state index < -0.39 is 0 Å². The van der Waals surface area contributed by atoms with E-state index in [1.165, 1.54) is 32.1 Å². The molecule has 0 bridgehead atoms. The Kier molecular flexibility index (Phi) is 4.91. The minimum absolute atomic E-state index is 0.147. The summed E-state index contributed by atoms with van der Waals surface area (Å²) >= 11 is 1.56. The minimum atomic E-state index is 0.147. The second-order valence-corrected chi connectivity index (χ2v) is 7.30. The second kappa shape index (κ2) is 6.88. The van der Waals surface area contributed by atoms with Gasteiger partial charge in [0.25, 0.3) is 5.91 Å². The number of hydrogen-bond donors (Lipinski definition) is 1. The molecule has 2 fully saturated rings. The van der Waals surface area contributed by atoms with Crippen molar-refractivity contribution in [2.75, 3.05) is 13.1 Å². The summed E-state index contributed by atoms with van der Waals surface area (Å²) in [6.45, 7) is 1.53. The number of rotatable bonds is 6. The average Bonchev–Trinajstić information content (AvgIpc) is 3.22. The molecular formula is C16H25N3OS. The molecule has 1 aromatic heterocycles. The van der Waals surface area contributed by atoms with Gasteiger partial charge in [0.05, 0.1) is 5.01 Å². The first-order chi connectivity index (χ1) is 10.3. The highest BCUT2D eigenvalue weighted by Gasteiger charge is 2.33. The fraction of sp³-hybridized carbons (Fsp3) is 0.750. The van der Waals surface area contributed by atoms with Gasteiger partial charge in [-0.2, -0.15) is 0 Å². The van der Waals surface area contributed by atoms with Crippen LogP contribution in [0.5, 0.6) is 0 Å². The van der Waals surface area contributed by atoms with Crippen molar-refractivity contribution >= 4 is 17.2 Å². The molecule has 0 aromatic carbocycles. The number of carbonyl (C=O) groups is 1. The number of thiazole rings is 1. The molecule has 2 aliphatic rings. The Morgan fingerprint density at radius 2 is 2.05 bits per heavy atom. The van der Waals surface area contributed by atoms with Crippen molar-refractivity contribution in [2.45, 2.75) is 57.4 Å². The smallest absolute Gasteiger partial charge is 0.273 e. The van der Waals surface area contributed by atoms with Crippen LogP contribution in [0.25, 0.3) is 0 Å². The first-order valence-corrected chi connectivity index (χ1v) is 9.11. The second-order valence-electron chi connectivity index (χ2n) is 6.36. The zero-order valence-electron chi connectivity index (χ0n) is 12.6. The van der Waals surface area contributed by atoms with E-state index in [-0.39, 0.29) is 5.91 Å². The lowest BCUT2D eigenvalue weighted by Crippen LogP contribution is -2.42. The number of amides is 1. The van der Waals surface area contributed by atoms with Gasteiger partial charge in [-0.15, -0.1) is 11.3 Å². The van der Waals surface area contributed by atoms with Crippen LogP contribution in [0.2, 0.25) is 0 Å². The van der Waals surface area contributed by atoms with Gasteiger partial charge in [0.2, 0.25) is 0 Å². The molecule has 21 heavy (non-hydrogen) atoms. The van der Waals surface area contributed by atoms with Crippen LogP contribution in [0.4, 0.5) is 0 Å². The van der Waals surface area contributed by atoms with Crippen LogP contribution in [-0.2, 0) is 6.42 Å². The first kappa shape index (κ1) is 15.0. The quantitative estimate of drug-likeness (QED) is 0.879. The van der Waals surface area contributed by atoms with Gasteiger partial charge >= 0.3 is 0 Å². The van der Waals surface area contributed by atoms with Gasteiger partial charge in [0, 0.05) is 24.4 Å². The van der Waals surface area contributed by atoms with Crippen molar-refractivity contribution in [2.24, 2.45) is 11.7 Å². The Labute approximate surface area is 130 Å². The van der Waals surface area contributed by atoms with Gasteiger partial charge in [-0.05, 0) is 38.1 Å². The summed E-state index contributed by atoms with van der Waals surface area (Å²) in [5.74, 6) is 0.881. The summed E-state index contributed by atoms with van der Waals surface area (Å²) in [6.07, 6.45) is 9.50. The van der Waals surface area contributed by atoms with Crippen molar-refractivity contribution < 1.29 is 4.79 Å². The number of aromatic nitrogens is 1. The van der Waals surface area contributed by atoms with Crippen LogP contribution in [0.1, 0.15) is 60.4 Å². The predicted molar refractivity (Wildman–Crippen MR) is 85.5 cm³/mol. The molecule has 0 radical (unpaired) electrons. The normalized spacial score (nSPS) is 19.7. The lowest BCUT2D eigenvalue weighted by molar-refractivity contribution is 0.0616. The zero-order chi connectivity index (χ0) is 14.7. The van der Waals surface area contributed by atoms with Gasteiger partial charge in [0.1, 0.15) is 5.69 Å². The maximum atomic E-state index is 12.9. The number of nitrogens with zero attached hydrogens (tertiary/aromatic N) is 2. The van der Waals surface area contributed by atoms with Gasteiger partial charge < -0.3 is 10.6 Å². The molecule has 116 valence electrons. The lowest BCUT2D eigenvalue weighted by Gasteiger charge is -2.34. The Morgan fingerprint density at radius 1 is 1.29 bits per heavy atom. The monoisotopic (exact) mass is 307 g/mol. The Hall–Kier alpha value is -0.940. The highest BCUT2D eigenvalue weighted by atomic mass is 32.1. The molecule has 0 aliphatic heterocycles. The molecule has 2 aliphatic carbocycles. The summed E-state index contributed by atoms with van der Waals surface area (Å²) in [7, 11) is 0. The van der Waals surface area contributed by atoms with E-state index in [9.17, 15) is 4.79 Å². The topological polar surface area (TPSA) is 59.2 Å². The highest BCUT2D eigenvalue weighted by molar-refractivity contribution is 7.09. The zero-order valence-corrected chi connectivity index (χ0v) is 13.4. The number of nitrogens with two attached hydrogens (primary N) is 1. The van der Waals surface area contributed by atoms with Crippen molar-refractivity contribution in [3.8, 4) is 0 Å². The molecule has 0 unspecified atom stereocenters. The average molecular weight is 307 g/mol. The fourth-order valence-electron chi connectivity index (χ4n) is 3.16.